The van der Waals surface area contributed by atoms with Gasteiger partial charge in [-0.25, -0.2) is 9.97 Å². The van der Waals surface area contributed by atoms with Crippen molar-refractivity contribution in [3.8, 4) is 0 Å². The minimum Gasteiger partial charge on any atom is -0.372 e. The van der Waals surface area contributed by atoms with Crippen molar-refractivity contribution in [3.05, 3.63) is 18.1 Å². The van der Waals surface area contributed by atoms with Crippen LogP contribution in [0, 0.1) is 0 Å². The van der Waals surface area contributed by atoms with Gasteiger partial charge in [-0.05, 0) is 19.3 Å². The van der Waals surface area contributed by atoms with Crippen LogP contribution in [0.15, 0.2) is 12.4 Å². The highest BCUT2D eigenvalue weighted by Gasteiger charge is 2.26. The molecule has 1 aromatic rings. The SMILES string of the molecule is CCC(CC)(CC)NC(=O)c1cnc(NC)cn1. The molecular weight excluding hydrogens is 228 g/mol. The van der Waals surface area contributed by atoms with Gasteiger partial charge in [0, 0.05) is 12.6 Å². The summed E-state index contributed by atoms with van der Waals surface area (Å²) in [5.41, 5.74) is 0.217. The highest BCUT2D eigenvalue weighted by atomic mass is 16.2. The molecule has 5 nitrogen and oxygen atoms in total. The fraction of sp³-hybridized carbons (Fsp3) is 0.615. The molecule has 0 saturated carbocycles. The average Bonchev–Trinajstić information content (AvgIpc) is 2.45. The first kappa shape index (κ1) is 14.4. The van der Waals surface area contributed by atoms with Crippen molar-refractivity contribution >= 4 is 11.7 Å². The van der Waals surface area contributed by atoms with E-state index in [0.717, 1.165) is 19.3 Å². The summed E-state index contributed by atoms with van der Waals surface area (Å²) in [5.74, 6) is 0.495. The molecule has 1 aromatic heterocycles. The normalized spacial score (nSPS) is 11.1. The maximum Gasteiger partial charge on any atom is 0.271 e. The molecule has 1 rings (SSSR count). The molecule has 0 saturated heterocycles. The Balaban J connectivity index is 2.80. The zero-order valence-corrected chi connectivity index (χ0v) is 11.6. The second kappa shape index (κ2) is 6.33. The van der Waals surface area contributed by atoms with E-state index in [9.17, 15) is 4.79 Å². The van der Waals surface area contributed by atoms with E-state index < -0.39 is 0 Å². The summed E-state index contributed by atoms with van der Waals surface area (Å²) >= 11 is 0. The van der Waals surface area contributed by atoms with Crippen LogP contribution in [0.25, 0.3) is 0 Å². The summed E-state index contributed by atoms with van der Waals surface area (Å²) in [5, 5.41) is 5.94. The van der Waals surface area contributed by atoms with Gasteiger partial charge in [-0.1, -0.05) is 20.8 Å². The summed E-state index contributed by atoms with van der Waals surface area (Å²) in [6, 6.07) is 0. The van der Waals surface area contributed by atoms with Gasteiger partial charge >= 0.3 is 0 Å². The van der Waals surface area contributed by atoms with Crippen LogP contribution >= 0.6 is 0 Å². The third-order valence-electron chi connectivity index (χ3n) is 3.55. The van der Waals surface area contributed by atoms with Crippen LogP contribution in [0.1, 0.15) is 50.5 Å². The Hall–Kier alpha value is -1.65. The van der Waals surface area contributed by atoms with Crippen molar-refractivity contribution in [1.29, 1.82) is 0 Å². The molecule has 0 aliphatic rings. The Labute approximate surface area is 108 Å². The maximum atomic E-state index is 12.1. The van der Waals surface area contributed by atoms with Crippen LogP contribution in [-0.2, 0) is 0 Å². The monoisotopic (exact) mass is 250 g/mol. The molecule has 0 radical (unpaired) electrons. The van der Waals surface area contributed by atoms with Crippen molar-refractivity contribution in [2.75, 3.05) is 12.4 Å². The number of amides is 1. The number of anilines is 1. The lowest BCUT2D eigenvalue weighted by Crippen LogP contribution is -2.47. The van der Waals surface area contributed by atoms with Crippen molar-refractivity contribution < 1.29 is 4.79 Å². The molecule has 0 aliphatic heterocycles. The van der Waals surface area contributed by atoms with Crippen LogP contribution in [0.2, 0.25) is 0 Å². The molecule has 5 heteroatoms. The number of carbonyl (C=O) groups excluding carboxylic acids is 1. The minimum absolute atomic E-state index is 0.138. The first-order valence-electron chi connectivity index (χ1n) is 6.43. The van der Waals surface area contributed by atoms with Gasteiger partial charge in [0.2, 0.25) is 0 Å². The fourth-order valence-electron chi connectivity index (χ4n) is 1.89. The maximum absolute atomic E-state index is 12.1. The molecule has 2 N–H and O–H groups in total. The molecule has 0 spiro atoms. The summed E-state index contributed by atoms with van der Waals surface area (Å²) in [6.45, 7) is 6.26. The number of nitrogens with one attached hydrogen (secondary N) is 2. The lowest BCUT2D eigenvalue weighted by Gasteiger charge is -2.31. The number of rotatable bonds is 6. The molecule has 1 heterocycles. The first-order chi connectivity index (χ1) is 8.60. The van der Waals surface area contributed by atoms with Gasteiger partial charge < -0.3 is 10.6 Å². The smallest absolute Gasteiger partial charge is 0.271 e. The van der Waals surface area contributed by atoms with Crippen LogP contribution in [0.5, 0.6) is 0 Å². The van der Waals surface area contributed by atoms with Gasteiger partial charge in [-0.2, -0.15) is 0 Å². The number of aromatic nitrogens is 2. The van der Waals surface area contributed by atoms with Crippen LogP contribution in [0.4, 0.5) is 5.82 Å². The standard InChI is InChI=1S/C13H22N4O/c1-5-13(6-2,7-3)17-12(18)10-8-16-11(14-4)9-15-10/h8-9H,5-7H2,1-4H3,(H,14,16)(H,17,18). The van der Waals surface area contributed by atoms with Crippen LogP contribution in [-0.4, -0.2) is 28.5 Å². The highest BCUT2D eigenvalue weighted by Crippen LogP contribution is 2.19. The average molecular weight is 250 g/mol. The van der Waals surface area contributed by atoms with Gasteiger partial charge in [0.05, 0.1) is 12.4 Å². The van der Waals surface area contributed by atoms with E-state index in [1.54, 1.807) is 13.2 Å². The summed E-state index contributed by atoms with van der Waals surface area (Å²) in [7, 11) is 1.76. The van der Waals surface area contributed by atoms with Crippen molar-refractivity contribution in [2.24, 2.45) is 0 Å². The Kier molecular flexibility index (Phi) is 5.07. The summed E-state index contributed by atoms with van der Waals surface area (Å²) in [6.07, 6.45) is 5.78. The van der Waals surface area contributed by atoms with Gasteiger partial charge in [-0.15, -0.1) is 0 Å². The van der Waals surface area contributed by atoms with E-state index in [4.69, 9.17) is 0 Å². The largest absolute Gasteiger partial charge is 0.372 e. The fourth-order valence-corrected chi connectivity index (χ4v) is 1.89. The van der Waals surface area contributed by atoms with E-state index in [-0.39, 0.29) is 11.4 Å². The van der Waals surface area contributed by atoms with Crippen LogP contribution < -0.4 is 10.6 Å². The topological polar surface area (TPSA) is 66.9 Å². The van der Waals surface area contributed by atoms with Gasteiger partial charge in [0.15, 0.2) is 0 Å². The minimum atomic E-state index is -0.157. The Morgan fingerprint density at radius 2 is 1.78 bits per heavy atom. The highest BCUT2D eigenvalue weighted by molar-refractivity contribution is 5.92. The van der Waals surface area contributed by atoms with Crippen molar-refractivity contribution in [3.63, 3.8) is 0 Å². The van der Waals surface area contributed by atoms with Gasteiger partial charge in [0.1, 0.15) is 11.5 Å². The first-order valence-corrected chi connectivity index (χ1v) is 6.43. The van der Waals surface area contributed by atoms with Crippen LogP contribution in [0.3, 0.4) is 0 Å². The zero-order chi connectivity index (χ0) is 13.6. The Morgan fingerprint density at radius 1 is 1.17 bits per heavy atom. The second-order valence-corrected chi connectivity index (χ2v) is 4.33. The molecule has 0 bridgehead atoms. The van der Waals surface area contributed by atoms with E-state index in [2.05, 4.69) is 41.4 Å². The molecule has 0 unspecified atom stereocenters. The Morgan fingerprint density at radius 3 is 2.17 bits per heavy atom. The Bertz CT molecular complexity index is 376. The molecule has 1 amide bonds. The lowest BCUT2D eigenvalue weighted by molar-refractivity contribution is 0.0882. The molecule has 0 fully saturated rings. The van der Waals surface area contributed by atoms with Gasteiger partial charge in [0.25, 0.3) is 5.91 Å². The van der Waals surface area contributed by atoms with E-state index in [1.807, 2.05) is 0 Å². The third kappa shape index (κ3) is 3.18. The van der Waals surface area contributed by atoms with Gasteiger partial charge in [-0.3, -0.25) is 4.79 Å². The number of carbonyl (C=O) groups is 1. The lowest BCUT2D eigenvalue weighted by atomic mass is 9.89. The number of hydrogen-bond acceptors (Lipinski definition) is 4. The number of nitrogens with zero attached hydrogens (tertiary/aromatic N) is 2. The van der Waals surface area contributed by atoms with E-state index in [1.165, 1.54) is 6.20 Å². The number of hydrogen-bond donors (Lipinski definition) is 2. The summed E-state index contributed by atoms with van der Waals surface area (Å²) in [4.78, 5) is 20.3. The second-order valence-electron chi connectivity index (χ2n) is 4.33. The quantitative estimate of drug-likeness (QED) is 0.812. The predicted molar refractivity (Wildman–Crippen MR) is 72.6 cm³/mol. The third-order valence-corrected chi connectivity index (χ3v) is 3.55. The van der Waals surface area contributed by atoms with E-state index >= 15 is 0 Å². The van der Waals surface area contributed by atoms with E-state index in [0.29, 0.717) is 11.5 Å². The predicted octanol–water partition coefficient (Wildman–Crippen LogP) is 2.22. The van der Waals surface area contributed by atoms with Crippen molar-refractivity contribution in [2.45, 2.75) is 45.6 Å². The molecule has 0 aromatic carbocycles. The molecule has 100 valence electrons. The molecule has 0 atom stereocenters. The zero-order valence-electron chi connectivity index (χ0n) is 11.6. The summed E-state index contributed by atoms with van der Waals surface area (Å²) < 4.78 is 0. The molecule has 0 aliphatic carbocycles. The molecular formula is C13H22N4O. The molecule has 18 heavy (non-hydrogen) atoms. The van der Waals surface area contributed by atoms with Crippen molar-refractivity contribution in [1.82, 2.24) is 15.3 Å².